The Balaban J connectivity index is 2.18. The first-order chi connectivity index (χ1) is 6.83. The van der Waals surface area contributed by atoms with Crippen LogP contribution < -0.4 is 10.6 Å². The van der Waals surface area contributed by atoms with E-state index < -0.39 is 0 Å². The van der Waals surface area contributed by atoms with E-state index >= 15 is 0 Å². The largest absolute Gasteiger partial charge is 0.304 e. The highest BCUT2D eigenvalue weighted by atomic mass is 15.0. The Morgan fingerprint density at radius 2 is 2.21 bits per heavy atom. The van der Waals surface area contributed by atoms with E-state index in [0.29, 0.717) is 0 Å². The molecule has 0 saturated carbocycles. The van der Waals surface area contributed by atoms with Gasteiger partial charge in [0.1, 0.15) is 0 Å². The van der Waals surface area contributed by atoms with Gasteiger partial charge in [-0.1, -0.05) is 6.92 Å². The van der Waals surface area contributed by atoms with E-state index in [1.807, 2.05) is 19.2 Å². The first kappa shape index (κ1) is 11.1. The fourth-order valence-corrected chi connectivity index (χ4v) is 1.27. The summed E-state index contributed by atoms with van der Waals surface area (Å²) in [6, 6.07) is 4.15. The highest BCUT2D eigenvalue weighted by Crippen LogP contribution is 1.99. The standard InChI is InChI=1S/C11H19N3/c1-3-5-12-9-13-8-11-4-6-14-10(2)7-11/h4,6-7,12-13H,3,5,8-9H2,1-2H3. The molecule has 0 saturated heterocycles. The second-order valence-corrected chi connectivity index (χ2v) is 3.41. The van der Waals surface area contributed by atoms with Gasteiger partial charge in [0.25, 0.3) is 0 Å². The lowest BCUT2D eigenvalue weighted by molar-refractivity contribution is 0.578. The lowest BCUT2D eigenvalue weighted by Crippen LogP contribution is -2.28. The lowest BCUT2D eigenvalue weighted by Gasteiger charge is -2.06. The van der Waals surface area contributed by atoms with Crippen LogP contribution >= 0.6 is 0 Å². The van der Waals surface area contributed by atoms with Crippen LogP contribution in [-0.4, -0.2) is 18.2 Å². The van der Waals surface area contributed by atoms with Crippen LogP contribution in [0, 0.1) is 6.92 Å². The average Bonchev–Trinajstić information content (AvgIpc) is 2.18. The summed E-state index contributed by atoms with van der Waals surface area (Å²) >= 11 is 0. The summed E-state index contributed by atoms with van der Waals surface area (Å²) in [5, 5.41) is 6.62. The predicted octanol–water partition coefficient (Wildman–Crippen LogP) is 1.44. The van der Waals surface area contributed by atoms with Crippen molar-refractivity contribution < 1.29 is 0 Å². The molecule has 1 aromatic heterocycles. The van der Waals surface area contributed by atoms with Crippen LogP contribution in [0.2, 0.25) is 0 Å². The van der Waals surface area contributed by atoms with Crippen LogP contribution in [-0.2, 0) is 6.54 Å². The van der Waals surface area contributed by atoms with Gasteiger partial charge in [-0.05, 0) is 37.6 Å². The molecule has 0 aromatic carbocycles. The van der Waals surface area contributed by atoms with Crippen molar-refractivity contribution in [2.75, 3.05) is 13.2 Å². The van der Waals surface area contributed by atoms with Crippen LogP contribution in [0.3, 0.4) is 0 Å². The van der Waals surface area contributed by atoms with Gasteiger partial charge in [0.15, 0.2) is 0 Å². The summed E-state index contributed by atoms with van der Waals surface area (Å²) < 4.78 is 0. The highest BCUT2D eigenvalue weighted by molar-refractivity contribution is 5.14. The molecule has 78 valence electrons. The average molecular weight is 193 g/mol. The molecule has 0 radical (unpaired) electrons. The van der Waals surface area contributed by atoms with Crippen molar-refractivity contribution in [1.82, 2.24) is 15.6 Å². The van der Waals surface area contributed by atoms with E-state index in [-0.39, 0.29) is 0 Å². The Bertz CT molecular complexity index is 260. The second-order valence-electron chi connectivity index (χ2n) is 3.41. The molecular formula is C11H19N3. The van der Waals surface area contributed by atoms with Gasteiger partial charge in [-0.15, -0.1) is 0 Å². The van der Waals surface area contributed by atoms with E-state index in [9.17, 15) is 0 Å². The highest BCUT2D eigenvalue weighted by Gasteiger charge is 1.92. The summed E-state index contributed by atoms with van der Waals surface area (Å²) in [4.78, 5) is 4.15. The number of aryl methyl sites for hydroxylation is 1. The minimum atomic E-state index is 0.870. The first-order valence-electron chi connectivity index (χ1n) is 5.16. The van der Waals surface area contributed by atoms with Crippen molar-refractivity contribution in [3.63, 3.8) is 0 Å². The van der Waals surface area contributed by atoms with E-state index in [2.05, 4.69) is 28.6 Å². The number of pyridine rings is 1. The Labute approximate surface area is 85.9 Å². The molecule has 2 N–H and O–H groups in total. The van der Waals surface area contributed by atoms with Gasteiger partial charge in [0.05, 0.1) is 0 Å². The molecule has 0 unspecified atom stereocenters. The zero-order valence-electron chi connectivity index (χ0n) is 9.01. The van der Waals surface area contributed by atoms with Gasteiger partial charge in [0.2, 0.25) is 0 Å². The smallest absolute Gasteiger partial charge is 0.0456 e. The molecule has 14 heavy (non-hydrogen) atoms. The molecule has 0 fully saturated rings. The topological polar surface area (TPSA) is 37.0 Å². The molecule has 1 rings (SSSR count). The SMILES string of the molecule is CCCNCNCc1ccnc(C)c1. The van der Waals surface area contributed by atoms with E-state index in [0.717, 1.165) is 25.5 Å². The molecule has 0 amide bonds. The third kappa shape index (κ3) is 4.35. The zero-order valence-corrected chi connectivity index (χ0v) is 9.01. The van der Waals surface area contributed by atoms with Gasteiger partial charge in [0, 0.05) is 25.1 Å². The number of nitrogens with one attached hydrogen (secondary N) is 2. The summed E-state index contributed by atoms with van der Waals surface area (Å²) in [7, 11) is 0. The quantitative estimate of drug-likeness (QED) is 0.530. The molecule has 0 spiro atoms. The van der Waals surface area contributed by atoms with Gasteiger partial charge < -0.3 is 10.6 Å². The van der Waals surface area contributed by atoms with Crippen molar-refractivity contribution in [2.24, 2.45) is 0 Å². The van der Waals surface area contributed by atoms with E-state index in [4.69, 9.17) is 0 Å². The summed E-state index contributed by atoms with van der Waals surface area (Å²) in [6.45, 7) is 7.02. The number of aromatic nitrogens is 1. The monoisotopic (exact) mass is 193 g/mol. The maximum Gasteiger partial charge on any atom is 0.0456 e. The molecule has 3 heteroatoms. The fraction of sp³-hybridized carbons (Fsp3) is 0.545. The molecular weight excluding hydrogens is 174 g/mol. The first-order valence-corrected chi connectivity index (χ1v) is 5.16. The molecule has 3 nitrogen and oxygen atoms in total. The summed E-state index contributed by atoms with van der Waals surface area (Å²) in [5.41, 5.74) is 2.36. The number of hydrogen-bond acceptors (Lipinski definition) is 3. The van der Waals surface area contributed by atoms with E-state index in [1.54, 1.807) is 0 Å². The van der Waals surface area contributed by atoms with Crippen molar-refractivity contribution in [3.05, 3.63) is 29.6 Å². The zero-order chi connectivity index (χ0) is 10.2. The Kier molecular flexibility index (Phi) is 5.19. The van der Waals surface area contributed by atoms with Crippen molar-refractivity contribution in [2.45, 2.75) is 26.8 Å². The van der Waals surface area contributed by atoms with Crippen LogP contribution in [0.25, 0.3) is 0 Å². The molecule has 0 bridgehead atoms. The van der Waals surface area contributed by atoms with Crippen LogP contribution in [0.15, 0.2) is 18.3 Å². The molecule has 1 heterocycles. The van der Waals surface area contributed by atoms with Gasteiger partial charge in [-0.25, -0.2) is 0 Å². The Morgan fingerprint density at radius 3 is 2.93 bits per heavy atom. The third-order valence-corrected chi connectivity index (χ3v) is 1.97. The van der Waals surface area contributed by atoms with Crippen LogP contribution in [0.4, 0.5) is 0 Å². The summed E-state index contributed by atoms with van der Waals surface area (Å²) in [5.74, 6) is 0. The molecule has 1 aromatic rings. The van der Waals surface area contributed by atoms with Crippen molar-refractivity contribution in [3.8, 4) is 0 Å². The fourth-order valence-electron chi connectivity index (χ4n) is 1.27. The molecule has 0 aliphatic carbocycles. The Morgan fingerprint density at radius 1 is 1.36 bits per heavy atom. The minimum Gasteiger partial charge on any atom is -0.304 e. The maximum absolute atomic E-state index is 4.15. The third-order valence-electron chi connectivity index (χ3n) is 1.97. The minimum absolute atomic E-state index is 0.870. The number of nitrogens with zero attached hydrogens (tertiary/aromatic N) is 1. The second kappa shape index (κ2) is 6.51. The molecule has 0 aliphatic rings. The van der Waals surface area contributed by atoms with Gasteiger partial charge in [-0.2, -0.15) is 0 Å². The van der Waals surface area contributed by atoms with E-state index in [1.165, 1.54) is 12.0 Å². The normalized spacial score (nSPS) is 10.4. The molecule has 0 aliphatic heterocycles. The van der Waals surface area contributed by atoms with Crippen molar-refractivity contribution in [1.29, 1.82) is 0 Å². The van der Waals surface area contributed by atoms with Crippen molar-refractivity contribution >= 4 is 0 Å². The van der Waals surface area contributed by atoms with Gasteiger partial charge >= 0.3 is 0 Å². The number of rotatable bonds is 6. The Hall–Kier alpha value is -0.930. The van der Waals surface area contributed by atoms with Gasteiger partial charge in [-0.3, -0.25) is 4.98 Å². The predicted molar refractivity (Wildman–Crippen MR) is 59.0 cm³/mol. The number of hydrogen-bond donors (Lipinski definition) is 2. The summed E-state index contributed by atoms with van der Waals surface area (Å²) in [6.07, 6.45) is 3.03. The van der Waals surface area contributed by atoms with Crippen LogP contribution in [0.5, 0.6) is 0 Å². The molecule has 0 atom stereocenters. The maximum atomic E-state index is 4.15. The van der Waals surface area contributed by atoms with Crippen LogP contribution in [0.1, 0.15) is 24.6 Å². The lowest BCUT2D eigenvalue weighted by atomic mass is 10.2.